The first-order valence-corrected chi connectivity index (χ1v) is 40.1. The Labute approximate surface area is 592 Å². The summed E-state index contributed by atoms with van der Waals surface area (Å²) in [7, 11) is -9.99. The zero-order valence-electron chi connectivity index (χ0n) is 60.7. The van der Waals surface area contributed by atoms with Gasteiger partial charge < -0.3 is 33.8 Å². The third-order valence-electron chi connectivity index (χ3n) is 14.8. The SMILES string of the molecule is CC/C=C\C/C=C\C/C=C\C/C=C\C/C=C\CCCC(=O)OCC(COP(=O)(O)OCC(O)COP(=O)(O)OCC(COC(=O)CCC/C=C\C/C=C\C/C=C\C/C=C\C/C=C\CC)OC(=O)CCCCCCC/C=C\CCCCCC)OC(=O)CCCCCCC/C=C\CCCC. The number of rotatable bonds is 68. The molecule has 0 saturated carbocycles. The number of phosphoric ester groups is 2. The highest BCUT2D eigenvalue weighted by molar-refractivity contribution is 7.47. The quantitative estimate of drug-likeness (QED) is 0.0169. The minimum atomic E-state index is -4.99. The van der Waals surface area contributed by atoms with Gasteiger partial charge in [0.1, 0.15) is 19.3 Å². The Hall–Kier alpha value is -5.06. The summed E-state index contributed by atoms with van der Waals surface area (Å²) in [5.74, 6) is -2.34. The Morgan fingerprint density at radius 1 is 0.296 bits per heavy atom. The fourth-order valence-corrected chi connectivity index (χ4v) is 10.7. The molecule has 0 saturated heterocycles. The van der Waals surface area contributed by atoms with Crippen LogP contribution >= 0.6 is 15.6 Å². The van der Waals surface area contributed by atoms with Crippen LogP contribution in [0.5, 0.6) is 0 Å². The van der Waals surface area contributed by atoms with Crippen molar-refractivity contribution in [2.45, 2.75) is 290 Å². The van der Waals surface area contributed by atoms with E-state index in [1.165, 1.54) is 38.5 Å². The Bertz CT molecular complexity index is 2430. The summed E-state index contributed by atoms with van der Waals surface area (Å²) in [4.78, 5) is 72.7. The lowest BCUT2D eigenvalue weighted by Crippen LogP contribution is -2.30. The molecule has 0 aliphatic carbocycles. The van der Waals surface area contributed by atoms with Crippen LogP contribution in [-0.4, -0.2) is 96.7 Å². The predicted molar refractivity (Wildman–Crippen MR) is 399 cm³/mol. The standard InChI is InChI=1S/C79H130O17P2/c1-5-9-13-17-21-25-29-32-34-36-38-41-44-47-51-55-59-63-76(81)89-69-74(95-78(83)65-61-57-53-49-43-28-24-20-16-12-8-4)71-93-97(85,86)91-67-73(80)68-92-98(87,88)94-72-75(96-79(84)66-62-58-54-50-46-40-31-27-23-19-15-11-7-3)70-90-77(82)64-60-56-52-48-45-42-39-37-35-33-30-26-22-18-14-10-6-2/h9-10,13-14,20-22,24-27,31-35,38-39,41-42,47-48,51-52,73-75,80H,5-8,11-12,15-19,23,28-30,36-37,40,43-46,49-50,53-72H2,1-4H3,(H,85,86)(H,87,88)/b13-9-,14-10-,24-20-,25-21-,26-22-,31-27-,34-32-,35-33-,41-38-,42-39-,51-47-,52-48-. The summed E-state index contributed by atoms with van der Waals surface area (Å²) in [5.41, 5.74) is 0. The van der Waals surface area contributed by atoms with Crippen molar-refractivity contribution >= 4 is 39.5 Å². The number of aliphatic hydroxyl groups excluding tert-OH is 1. The highest BCUT2D eigenvalue weighted by Crippen LogP contribution is 2.45. The number of carbonyl (C=O) groups excluding carboxylic acids is 4. The Kier molecular flexibility index (Phi) is 66.7. The molecule has 0 aliphatic heterocycles. The summed E-state index contributed by atoms with van der Waals surface area (Å²) in [6.45, 7) is 4.41. The molecule has 558 valence electrons. The first-order valence-electron chi connectivity index (χ1n) is 37.1. The van der Waals surface area contributed by atoms with Crippen molar-refractivity contribution in [2.75, 3.05) is 39.6 Å². The van der Waals surface area contributed by atoms with Gasteiger partial charge in [-0.2, -0.15) is 0 Å². The fourth-order valence-electron chi connectivity index (χ4n) is 9.15. The van der Waals surface area contributed by atoms with Gasteiger partial charge in [0.25, 0.3) is 0 Å². The van der Waals surface area contributed by atoms with Gasteiger partial charge in [-0.25, -0.2) is 9.13 Å². The lowest BCUT2D eigenvalue weighted by atomic mass is 10.1. The van der Waals surface area contributed by atoms with E-state index in [2.05, 4.69) is 149 Å². The smallest absolute Gasteiger partial charge is 0.462 e. The average Bonchev–Trinajstić information content (AvgIpc) is 0.985. The highest BCUT2D eigenvalue weighted by atomic mass is 31.2. The molecule has 0 aliphatic rings. The Morgan fingerprint density at radius 2 is 0.551 bits per heavy atom. The van der Waals surface area contributed by atoms with Crippen LogP contribution in [-0.2, 0) is 65.4 Å². The molecule has 0 amide bonds. The highest BCUT2D eigenvalue weighted by Gasteiger charge is 2.30. The zero-order valence-corrected chi connectivity index (χ0v) is 62.4. The number of hydrogen-bond acceptors (Lipinski definition) is 15. The van der Waals surface area contributed by atoms with E-state index < -0.39 is 97.5 Å². The fraction of sp³-hybridized carbons (Fsp3) is 0.646. The number of unbranched alkanes of at least 4 members (excludes halogenated alkanes) is 18. The third-order valence-corrected chi connectivity index (χ3v) is 16.7. The molecule has 0 aromatic carbocycles. The van der Waals surface area contributed by atoms with Crippen LogP contribution in [0.4, 0.5) is 0 Å². The van der Waals surface area contributed by atoms with Crippen molar-refractivity contribution in [2.24, 2.45) is 0 Å². The molecule has 5 unspecified atom stereocenters. The van der Waals surface area contributed by atoms with Crippen LogP contribution in [0.2, 0.25) is 0 Å². The Morgan fingerprint density at radius 3 is 0.888 bits per heavy atom. The molecule has 19 heteroatoms. The van der Waals surface area contributed by atoms with E-state index in [1.807, 2.05) is 24.3 Å². The number of ether oxygens (including phenoxy) is 4. The van der Waals surface area contributed by atoms with E-state index in [-0.39, 0.29) is 25.7 Å². The van der Waals surface area contributed by atoms with Gasteiger partial charge in [0.15, 0.2) is 12.2 Å². The van der Waals surface area contributed by atoms with Gasteiger partial charge in [0.05, 0.1) is 26.4 Å². The van der Waals surface area contributed by atoms with E-state index in [0.29, 0.717) is 38.5 Å². The number of hydrogen-bond donors (Lipinski definition) is 3. The molecule has 0 radical (unpaired) electrons. The lowest BCUT2D eigenvalue weighted by Gasteiger charge is -2.21. The maximum atomic E-state index is 13.1. The van der Waals surface area contributed by atoms with E-state index in [9.17, 15) is 43.2 Å². The van der Waals surface area contributed by atoms with Crippen LogP contribution in [0.1, 0.15) is 272 Å². The van der Waals surface area contributed by atoms with Crippen LogP contribution in [0.3, 0.4) is 0 Å². The van der Waals surface area contributed by atoms with Crippen LogP contribution in [0.15, 0.2) is 146 Å². The average molecular weight is 1410 g/mol. The molecule has 3 N–H and O–H groups in total. The lowest BCUT2D eigenvalue weighted by molar-refractivity contribution is -0.161. The van der Waals surface area contributed by atoms with Gasteiger partial charge in [-0.3, -0.25) is 37.3 Å². The van der Waals surface area contributed by atoms with Crippen molar-refractivity contribution in [3.8, 4) is 0 Å². The van der Waals surface area contributed by atoms with Gasteiger partial charge in [0, 0.05) is 25.7 Å². The molecule has 0 bridgehead atoms. The van der Waals surface area contributed by atoms with Crippen LogP contribution in [0.25, 0.3) is 0 Å². The first kappa shape index (κ1) is 92.9. The minimum absolute atomic E-state index is 0.0668. The maximum Gasteiger partial charge on any atom is 0.472 e. The second-order valence-electron chi connectivity index (χ2n) is 24.1. The number of esters is 4. The minimum Gasteiger partial charge on any atom is -0.462 e. The van der Waals surface area contributed by atoms with Crippen LogP contribution in [0, 0.1) is 0 Å². The Balaban J connectivity index is 5.43. The van der Waals surface area contributed by atoms with Crippen molar-refractivity contribution in [3.63, 3.8) is 0 Å². The van der Waals surface area contributed by atoms with Crippen molar-refractivity contribution in [3.05, 3.63) is 146 Å². The molecular formula is C79H130O17P2. The molecule has 0 aromatic rings. The second-order valence-corrected chi connectivity index (χ2v) is 27.0. The summed E-state index contributed by atoms with van der Waals surface area (Å²) in [6, 6.07) is 0. The first-order chi connectivity index (χ1) is 47.7. The molecule has 98 heavy (non-hydrogen) atoms. The van der Waals surface area contributed by atoms with E-state index in [4.69, 9.17) is 37.0 Å². The number of allylic oxidation sites excluding steroid dienone is 24. The van der Waals surface area contributed by atoms with E-state index in [1.54, 1.807) is 0 Å². The molecule has 0 heterocycles. The molecule has 5 atom stereocenters. The molecule has 0 aromatic heterocycles. The van der Waals surface area contributed by atoms with Gasteiger partial charge in [-0.05, 0) is 148 Å². The topological polar surface area (TPSA) is 237 Å². The predicted octanol–water partition coefficient (Wildman–Crippen LogP) is 21.1. The normalized spacial score (nSPS) is 14.8. The summed E-state index contributed by atoms with van der Waals surface area (Å²) in [6.07, 6.45) is 78.7. The second kappa shape index (κ2) is 70.4. The molecule has 17 nitrogen and oxygen atoms in total. The van der Waals surface area contributed by atoms with E-state index >= 15 is 0 Å². The summed E-state index contributed by atoms with van der Waals surface area (Å²) < 4.78 is 68.2. The maximum absolute atomic E-state index is 13.1. The van der Waals surface area contributed by atoms with Gasteiger partial charge >= 0.3 is 39.5 Å². The zero-order chi connectivity index (χ0) is 71.8. The van der Waals surface area contributed by atoms with E-state index in [0.717, 1.165) is 141 Å². The van der Waals surface area contributed by atoms with Crippen molar-refractivity contribution in [1.82, 2.24) is 0 Å². The number of carbonyl (C=O) groups is 4. The largest absolute Gasteiger partial charge is 0.472 e. The molecular weight excluding hydrogens is 1280 g/mol. The van der Waals surface area contributed by atoms with Gasteiger partial charge in [-0.15, -0.1) is 0 Å². The molecule has 0 spiro atoms. The van der Waals surface area contributed by atoms with Gasteiger partial charge in [0.2, 0.25) is 0 Å². The number of aliphatic hydroxyl groups is 1. The molecule has 0 rings (SSSR count). The summed E-state index contributed by atoms with van der Waals surface area (Å²) in [5, 5.41) is 10.6. The molecule has 0 fully saturated rings. The monoisotopic (exact) mass is 1410 g/mol. The third kappa shape index (κ3) is 69.4. The van der Waals surface area contributed by atoms with Crippen molar-refractivity contribution < 1.29 is 80.2 Å². The number of phosphoric acid groups is 2. The summed E-state index contributed by atoms with van der Waals surface area (Å²) >= 11 is 0. The van der Waals surface area contributed by atoms with Crippen molar-refractivity contribution in [1.29, 1.82) is 0 Å². The van der Waals surface area contributed by atoms with Crippen LogP contribution < -0.4 is 0 Å². The van der Waals surface area contributed by atoms with Gasteiger partial charge in [-0.1, -0.05) is 244 Å².